The molecule has 5 nitrogen and oxygen atoms in total. The zero-order valence-corrected chi connectivity index (χ0v) is 9.19. The third kappa shape index (κ3) is 2.91. The van der Waals surface area contributed by atoms with Crippen LogP contribution in [0.3, 0.4) is 0 Å². The molecule has 17 heavy (non-hydrogen) atoms. The first kappa shape index (κ1) is 11.8. The summed E-state index contributed by atoms with van der Waals surface area (Å²) in [5.41, 5.74) is -0.267. The topological polar surface area (TPSA) is 64.4 Å². The lowest BCUT2D eigenvalue weighted by Crippen LogP contribution is -2.37. The molecule has 1 unspecified atom stereocenters. The number of halogens is 1. The van der Waals surface area contributed by atoms with Crippen molar-refractivity contribution in [2.45, 2.75) is 18.9 Å². The Hall–Kier alpha value is -1.69. The third-order valence-electron chi connectivity index (χ3n) is 2.67. The molecule has 6 heteroatoms. The molecule has 1 N–H and O–H groups in total. The van der Waals surface area contributed by atoms with E-state index in [1.54, 1.807) is 0 Å². The van der Waals surface area contributed by atoms with Crippen molar-refractivity contribution in [1.29, 1.82) is 0 Å². The number of non-ortho nitro benzene ring substituents is 1. The Labute approximate surface area is 97.7 Å². The standard InChI is InChI=1S/C11H13FN2O3/c12-10-6-8(14(15)16)3-4-11(10)17-9-2-1-5-13-7-9/h3-4,6,9,13H,1-2,5,7H2. The number of nitrogens with one attached hydrogen (secondary N) is 1. The first-order valence-electron chi connectivity index (χ1n) is 5.48. The van der Waals surface area contributed by atoms with E-state index < -0.39 is 10.7 Å². The fourth-order valence-electron chi connectivity index (χ4n) is 1.80. The third-order valence-corrected chi connectivity index (χ3v) is 2.67. The van der Waals surface area contributed by atoms with E-state index in [-0.39, 0.29) is 17.5 Å². The summed E-state index contributed by atoms with van der Waals surface area (Å²) in [6.07, 6.45) is 1.78. The Morgan fingerprint density at radius 1 is 1.53 bits per heavy atom. The molecular formula is C11H13FN2O3. The van der Waals surface area contributed by atoms with Gasteiger partial charge in [-0.15, -0.1) is 0 Å². The molecule has 0 aromatic heterocycles. The molecular weight excluding hydrogens is 227 g/mol. The van der Waals surface area contributed by atoms with Crippen LogP contribution in [0.15, 0.2) is 18.2 Å². The smallest absolute Gasteiger partial charge is 0.272 e. The van der Waals surface area contributed by atoms with E-state index in [0.29, 0.717) is 6.54 Å². The molecule has 1 saturated heterocycles. The molecule has 0 saturated carbocycles. The predicted molar refractivity (Wildman–Crippen MR) is 59.6 cm³/mol. The van der Waals surface area contributed by atoms with Crippen molar-refractivity contribution in [2.75, 3.05) is 13.1 Å². The highest BCUT2D eigenvalue weighted by atomic mass is 19.1. The average molecular weight is 240 g/mol. The predicted octanol–water partition coefficient (Wildman–Crippen LogP) is 1.86. The highest BCUT2D eigenvalue weighted by molar-refractivity contribution is 5.37. The van der Waals surface area contributed by atoms with Gasteiger partial charge < -0.3 is 10.1 Å². The summed E-state index contributed by atoms with van der Waals surface area (Å²) in [7, 11) is 0. The maximum absolute atomic E-state index is 13.5. The average Bonchev–Trinajstić information content (AvgIpc) is 2.33. The summed E-state index contributed by atoms with van der Waals surface area (Å²) in [4.78, 5) is 9.81. The molecule has 0 amide bonds. The molecule has 0 bridgehead atoms. The van der Waals surface area contributed by atoms with E-state index in [2.05, 4.69) is 5.32 Å². The van der Waals surface area contributed by atoms with Gasteiger partial charge in [0.1, 0.15) is 6.10 Å². The number of nitro benzene ring substituents is 1. The molecule has 2 rings (SSSR count). The van der Waals surface area contributed by atoms with Crippen LogP contribution < -0.4 is 10.1 Å². The van der Waals surface area contributed by atoms with E-state index in [4.69, 9.17) is 4.74 Å². The second-order valence-corrected chi connectivity index (χ2v) is 3.96. The Morgan fingerprint density at radius 2 is 2.35 bits per heavy atom. The fraction of sp³-hybridized carbons (Fsp3) is 0.455. The van der Waals surface area contributed by atoms with Gasteiger partial charge in [-0.05, 0) is 25.5 Å². The molecule has 1 heterocycles. The van der Waals surface area contributed by atoms with Crippen molar-refractivity contribution in [1.82, 2.24) is 5.32 Å². The van der Waals surface area contributed by atoms with Gasteiger partial charge in [-0.1, -0.05) is 0 Å². The number of ether oxygens (including phenoxy) is 1. The van der Waals surface area contributed by atoms with Gasteiger partial charge in [0, 0.05) is 12.6 Å². The van der Waals surface area contributed by atoms with Gasteiger partial charge in [0.05, 0.1) is 11.0 Å². The van der Waals surface area contributed by atoms with Gasteiger partial charge in [-0.3, -0.25) is 10.1 Å². The number of piperidine rings is 1. The van der Waals surface area contributed by atoms with Crippen LogP contribution in [0.4, 0.5) is 10.1 Å². The zero-order chi connectivity index (χ0) is 12.3. The molecule has 1 atom stereocenters. The number of hydrogen-bond donors (Lipinski definition) is 1. The Morgan fingerprint density at radius 3 is 2.94 bits per heavy atom. The van der Waals surface area contributed by atoms with Crippen LogP contribution in [0.1, 0.15) is 12.8 Å². The minimum absolute atomic E-state index is 0.0697. The van der Waals surface area contributed by atoms with Gasteiger partial charge in [0.25, 0.3) is 5.69 Å². The van der Waals surface area contributed by atoms with Crippen molar-refractivity contribution in [3.63, 3.8) is 0 Å². The van der Waals surface area contributed by atoms with Crippen LogP contribution >= 0.6 is 0 Å². The minimum Gasteiger partial charge on any atom is -0.486 e. The molecule has 0 spiro atoms. The van der Waals surface area contributed by atoms with E-state index in [0.717, 1.165) is 25.5 Å². The van der Waals surface area contributed by atoms with Gasteiger partial charge in [-0.25, -0.2) is 4.39 Å². The summed E-state index contributed by atoms with van der Waals surface area (Å²) >= 11 is 0. The lowest BCUT2D eigenvalue weighted by atomic mass is 10.1. The summed E-state index contributed by atoms with van der Waals surface area (Å²) in [6.45, 7) is 1.62. The Kier molecular flexibility index (Phi) is 3.53. The second kappa shape index (κ2) is 5.09. The molecule has 1 aromatic rings. The van der Waals surface area contributed by atoms with Crippen molar-refractivity contribution >= 4 is 5.69 Å². The van der Waals surface area contributed by atoms with Gasteiger partial charge in [0.2, 0.25) is 0 Å². The number of hydrogen-bond acceptors (Lipinski definition) is 4. The maximum Gasteiger partial charge on any atom is 0.272 e. The molecule has 92 valence electrons. The quantitative estimate of drug-likeness (QED) is 0.647. The van der Waals surface area contributed by atoms with Crippen LogP contribution in [0.25, 0.3) is 0 Å². The summed E-state index contributed by atoms with van der Waals surface area (Å²) in [5.74, 6) is -0.617. The van der Waals surface area contributed by atoms with E-state index in [1.165, 1.54) is 12.1 Å². The van der Waals surface area contributed by atoms with Crippen LogP contribution in [0.2, 0.25) is 0 Å². The molecule has 1 aromatic carbocycles. The van der Waals surface area contributed by atoms with Gasteiger partial charge >= 0.3 is 0 Å². The lowest BCUT2D eigenvalue weighted by molar-refractivity contribution is -0.385. The van der Waals surface area contributed by atoms with Crippen molar-refractivity contribution < 1.29 is 14.1 Å². The van der Waals surface area contributed by atoms with E-state index >= 15 is 0 Å². The number of nitro groups is 1. The minimum atomic E-state index is -0.690. The molecule has 1 aliphatic rings. The zero-order valence-electron chi connectivity index (χ0n) is 9.19. The van der Waals surface area contributed by atoms with Crippen LogP contribution in [0.5, 0.6) is 5.75 Å². The van der Waals surface area contributed by atoms with Gasteiger partial charge in [0.15, 0.2) is 11.6 Å². The largest absolute Gasteiger partial charge is 0.486 e. The Bertz CT molecular complexity index is 419. The highest BCUT2D eigenvalue weighted by Crippen LogP contribution is 2.24. The van der Waals surface area contributed by atoms with Crippen molar-refractivity contribution in [2.24, 2.45) is 0 Å². The maximum atomic E-state index is 13.5. The monoisotopic (exact) mass is 240 g/mol. The van der Waals surface area contributed by atoms with Crippen molar-refractivity contribution in [3.8, 4) is 5.75 Å². The first-order valence-corrected chi connectivity index (χ1v) is 5.48. The van der Waals surface area contributed by atoms with E-state index in [9.17, 15) is 14.5 Å². The lowest BCUT2D eigenvalue weighted by Gasteiger charge is -2.23. The highest BCUT2D eigenvalue weighted by Gasteiger charge is 2.18. The van der Waals surface area contributed by atoms with Crippen LogP contribution in [0, 0.1) is 15.9 Å². The molecule has 0 radical (unpaired) electrons. The van der Waals surface area contributed by atoms with Crippen LogP contribution in [-0.2, 0) is 0 Å². The number of nitrogens with zero attached hydrogens (tertiary/aromatic N) is 1. The second-order valence-electron chi connectivity index (χ2n) is 3.96. The molecule has 1 aliphatic heterocycles. The van der Waals surface area contributed by atoms with Crippen LogP contribution in [-0.4, -0.2) is 24.1 Å². The summed E-state index contributed by atoms with van der Waals surface area (Å²) in [6, 6.07) is 3.43. The molecule has 1 fully saturated rings. The van der Waals surface area contributed by atoms with Gasteiger partial charge in [-0.2, -0.15) is 0 Å². The summed E-state index contributed by atoms with van der Waals surface area (Å²) in [5, 5.41) is 13.6. The number of benzene rings is 1. The number of rotatable bonds is 3. The summed E-state index contributed by atoms with van der Waals surface area (Å²) < 4.78 is 19.0. The van der Waals surface area contributed by atoms with E-state index in [1.807, 2.05) is 0 Å². The Balaban J connectivity index is 2.08. The van der Waals surface area contributed by atoms with Crippen molar-refractivity contribution in [3.05, 3.63) is 34.1 Å². The fourth-order valence-corrected chi connectivity index (χ4v) is 1.80. The SMILES string of the molecule is O=[N+]([O-])c1ccc(OC2CCCNC2)c(F)c1. The molecule has 0 aliphatic carbocycles. The normalized spacial score (nSPS) is 19.9. The first-order chi connectivity index (χ1) is 8.16.